The first-order chi connectivity index (χ1) is 13.5. The normalized spacial score (nSPS) is 14.4. The Morgan fingerprint density at radius 1 is 0.929 bits per heavy atom. The second kappa shape index (κ2) is 9.26. The summed E-state index contributed by atoms with van der Waals surface area (Å²) in [6, 6.07) is 17.4. The third-order valence-corrected chi connectivity index (χ3v) is 4.84. The summed E-state index contributed by atoms with van der Waals surface area (Å²) in [5.74, 6) is -0.00486. The van der Waals surface area contributed by atoms with Gasteiger partial charge in [0, 0.05) is 51.5 Å². The number of hydrogen-bond acceptors (Lipinski definition) is 4. The Balaban J connectivity index is 1.54. The Morgan fingerprint density at radius 2 is 1.64 bits per heavy atom. The molecule has 0 N–H and O–H groups in total. The van der Waals surface area contributed by atoms with Gasteiger partial charge in [0.2, 0.25) is 0 Å². The summed E-state index contributed by atoms with van der Waals surface area (Å²) in [6.45, 7) is 3.19. The van der Waals surface area contributed by atoms with Crippen LogP contribution in [-0.4, -0.2) is 62.1 Å². The third-order valence-electron chi connectivity index (χ3n) is 4.84. The zero-order valence-corrected chi connectivity index (χ0v) is 16.5. The Hall–Kier alpha value is -3.02. The molecule has 1 aliphatic heterocycles. The fourth-order valence-electron chi connectivity index (χ4n) is 3.24. The zero-order valence-electron chi connectivity index (χ0n) is 16.5. The molecule has 3 rings (SSSR count). The van der Waals surface area contributed by atoms with Gasteiger partial charge in [0.1, 0.15) is 6.61 Å². The minimum Gasteiger partial charge on any atom is -0.445 e. The molecule has 1 saturated heterocycles. The molecule has 0 atom stereocenters. The van der Waals surface area contributed by atoms with Gasteiger partial charge in [-0.05, 0) is 36.2 Å². The molecule has 0 bridgehead atoms. The quantitative estimate of drug-likeness (QED) is 0.816. The molecule has 1 fully saturated rings. The molecular weight excluding hydrogens is 354 g/mol. The highest BCUT2D eigenvalue weighted by molar-refractivity contribution is 5.94. The molecule has 148 valence electrons. The van der Waals surface area contributed by atoms with Gasteiger partial charge in [-0.1, -0.05) is 30.3 Å². The summed E-state index contributed by atoms with van der Waals surface area (Å²) in [5.41, 5.74) is 2.73. The van der Waals surface area contributed by atoms with E-state index in [9.17, 15) is 9.59 Å². The molecule has 2 aromatic rings. The number of nitrogens with zero attached hydrogens (tertiary/aromatic N) is 3. The van der Waals surface area contributed by atoms with Crippen molar-refractivity contribution < 1.29 is 14.3 Å². The second-order valence-corrected chi connectivity index (χ2v) is 7.11. The SMILES string of the molecule is CN(C)C(=O)c1ccc(N2CCCN(C(=O)OCc3ccccc3)CC2)cc1. The molecule has 6 heteroatoms. The van der Waals surface area contributed by atoms with Crippen LogP contribution in [-0.2, 0) is 11.3 Å². The van der Waals surface area contributed by atoms with Crippen LogP contribution in [0.25, 0.3) is 0 Å². The lowest BCUT2D eigenvalue weighted by atomic mass is 10.1. The van der Waals surface area contributed by atoms with Crippen LogP contribution in [0.5, 0.6) is 0 Å². The highest BCUT2D eigenvalue weighted by atomic mass is 16.6. The second-order valence-electron chi connectivity index (χ2n) is 7.11. The van der Waals surface area contributed by atoms with Gasteiger partial charge in [-0.25, -0.2) is 4.79 Å². The topological polar surface area (TPSA) is 53.1 Å². The van der Waals surface area contributed by atoms with Gasteiger partial charge < -0.3 is 19.4 Å². The first-order valence-corrected chi connectivity index (χ1v) is 9.57. The van der Waals surface area contributed by atoms with Gasteiger partial charge in [0.25, 0.3) is 5.91 Å². The lowest BCUT2D eigenvalue weighted by Crippen LogP contribution is -2.35. The first kappa shape index (κ1) is 19.7. The van der Waals surface area contributed by atoms with E-state index in [-0.39, 0.29) is 12.0 Å². The number of benzene rings is 2. The van der Waals surface area contributed by atoms with Gasteiger partial charge in [-0.2, -0.15) is 0 Å². The summed E-state index contributed by atoms with van der Waals surface area (Å²) in [6.07, 6.45) is 0.608. The van der Waals surface area contributed by atoms with Crippen LogP contribution in [0, 0.1) is 0 Å². The van der Waals surface area contributed by atoms with Gasteiger partial charge >= 0.3 is 6.09 Å². The monoisotopic (exact) mass is 381 g/mol. The first-order valence-electron chi connectivity index (χ1n) is 9.57. The van der Waals surface area contributed by atoms with E-state index >= 15 is 0 Å². The van der Waals surface area contributed by atoms with Crippen molar-refractivity contribution in [2.45, 2.75) is 13.0 Å². The van der Waals surface area contributed by atoms with E-state index in [2.05, 4.69) is 4.90 Å². The van der Waals surface area contributed by atoms with Crippen LogP contribution in [0.15, 0.2) is 54.6 Å². The van der Waals surface area contributed by atoms with Crippen molar-refractivity contribution in [3.05, 3.63) is 65.7 Å². The number of anilines is 1. The maximum atomic E-state index is 12.4. The lowest BCUT2D eigenvalue weighted by Gasteiger charge is -2.24. The van der Waals surface area contributed by atoms with E-state index in [4.69, 9.17) is 4.74 Å². The van der Waals surface area contributed by atoms with Crippen molar-refractivity contribution in [1.82, 2.24) is 9.80 Å². The Kier molecular flexibility index (Phi) is 6.53. The van der Waals surface area contributed by atoms with E-state index < -0.39 is 0 Å². The summed E-state index contributed by atoms with van der Waals surface area (Å²) in [7, 11) is 3.49. The van der Waals surface area contributed by atoms with E-state index in [1.54, 1.807) is 23.9 Å². The number of ether oxygens (including phenoxy) is 1. The number of rotatable bonds is 4. The zero-order chi connectivity index (χ0) is 19.9. The molecule has 0 radical (unpaired) electrons. The summed E-state index contributed by atoms with van der Waals surface area (Å²) in [5, 5.41) is 0. The summed E-state index contributed by atoms with van der Waals surface area (Å²) < 4.78 is 5.45. The van der Waals surface area contributed by atoms with Crippen LogP contribution < -0.4 is 4.90 Å². The largest absolute Gasteiger partial charge is 0.445 e. The Labute approximate surface area is 166 Å². The smallest absolute Gasteiger partial charge is 0.410 e. The van der Waals surface area contributed by atoms with Crippen molar-refractivity contribution in [3.8, 4) is 0 Å². The van der Waals surface area contributed by atoms with E-state index in [1.807, 2.05) is 54.6 Å². The van der Waals surface area contributed by atoms with Crippen molar-refractivity contribution in [2.75, 3.05) is 45.2 Å². The minimum atomic E-state index is -0.266. The molecular formula is C22H27N3O3. The average Bonchev–Trinajstić information content (AvgIpc) is 2.98. The number of amides is 2. The third kappa shape index (κ3) is 5.03. The van der Waals surface area contributed by atoms with Gasteiger partial charge in [0.15, 0.2) is 0 Å². The molecule has 2 amide bonds. The van der Waals surface area contributed by atoms with Crippen molar-refractivity contribution in [1.29, 1.82) is 0 Å². The fourth-order valence-corrected chi connectivity index (χ4v) is 3.24. The van der Waals surface area contributed by atoms with Crippen LogP contribution in [0.3, 0.4) is 0 Å². The molecule has 0 spiro atoms. The predicted molar refractivity (Wildman–Crippen MR) is 109 cm³/mol. The summed E-state index contributed by atoms with van der Waals surface area (Å²) in [4.78, 5) is 30.0. The van der Waals surface area contributed by atoms with E-state index in [0.29, 0.717) is 25.3 Å². The summed E-state index contributed by atoms with van der Waals surface area (Å²) >= 11 is 0. The van der Waals surface area contributed by atoms with E-state index in [0.717, 1.165) is 30.8 Å². The standard InChI is InChI=1S/C22H27N3O3/c1-23(2)21(26)19-9-11-20(12-10-19)24-13-6-14-25(16-15-24)22(27)28-17-18-7-4-3-5-8-18/h3-5,7-12H,6,13-17H2,1-2H3. The van der Waals surface area contributed by atoms with Crippen molar-refractivity contribution >= 4 is 17.7 Å². The molecule has 0 aliphatic carbocycles. The average molecular weight is 381 g/mol. The van der Waals surface area contributed by atoms with Crippen LogP contribution >= 0.6 is 0 Å². The highest BCUT2D eigenvalue weighted by Crippen LogP contribution is 2.18. The maximum absolute atomic E-state index is 12.4. The molecule has 0 aromatic heterocycles. The van der Waals surface area contributed by atoms with Gasteiger partial charge in [0.05, 0.1) is 0 Å². The molecule has 1 aliphatic rings. The number of carbonyl (C=O) groups is 2. The molecule has 0 unspecified atom stereocenters. The lowest BCUT2D eigenvalue weighted by molar-refractivity contribution is 0.0827. The Morgan fingerprint density at radius 3 is 2.32 bits per heavy atom. The Bertz CT molecular complexity index is 790. The molecule has 1 heterocycles. The predicted octanol–water partition coefficient (Wildman–Crippen LogP) is 3.24. The maximum Gasteiger partial charge on any atom is 0.410 e. The molecule has 28 heavy (non-hydrogen) atoms. The molecule has 0 saturated carbocycles. The van der Waals surface area contributed by atoms with E-state index in [1.165, 1.54) is 0 Å². The number of hydrogen-bond donors (Lipinski definition) is 0. The van der Waals surface area contributed by atoms with Crippen molar-refractivity contribution in [2.24, 2.45) is 0 Å². The number of carbonyl (C=O) groups excluding carboxylic acids is 2. The van der Waals surface area contributed by atoms with Crippen molar-refractivity contribution in [3.63, 3.8) is 0 Å². The van der Waals surface area contributed by atoms with Gasteiger partial charge in [-0.15, -0.1) is 0 Å². The fraction of sp³-hybridized carbons (Fsp3) is 0.364. The molecule has 6 nitrogen and oxygen atoms in total. The van der Waals surface area contributed by atoms with Crippen LogP contribution in [0.1, 0.15) is 22.3 Å². The van der Waals surface area contributed by atoms with Crippen LogP contribution in [0.4, 0.5) is 10.5 Å². The highest BCUT2D eigenvalue weighted by Gasteiger charge is 2.20. The molecule has 2 aromatic carbocycles. The van der Waals surface area contributed by atoms with Crippen LogP contribution in [0.2, 0.25) is 0 Å². The minimum absolute atomic E-state index is 0.00486. The van der Waals surface area contributed by atoms with Gasteiger partial charge in [-0.3, -0.25) is 4.79 Å².